The number of nitro groups is 1. The molecule has 1 aromatic carbocycles. The predicted octanol–water partition coefficient (Wildman–Crippen LogP) is 4.73. The summed E-state index contributed by atoms with van der Waals surface area (Å²) < 4.78 is 10.0. The topological polar surface area (TPSA) is 78.7 Å². The standard InChI is InChI=1S/C17H25NO5/c1-8-22-15(19)23-14-12(18(20)21)10-9-11(16(2,3)4)13(14)17(5,6)7/h9-10H,8H2,1-7H3. The molecule has 1 rings (SSSR count). The Balaban J connectivity index is 3.70. The Morgan fingerprint density at radius 1 is 1.13 bits per heavy atom. The van der Waals surface area contributed by atoms with Gasteiger partial charge in [-0.05, 0) is 23.3 Å². The van der Waals surface area contributed by atoms with E-state index in [2.05, 4.69) is 0 Å². The van der Waals surface area contributed by atoms with E-state index in [9.17, 15) is 14.9 Å². The summed E-state index contributed by atoms with van der Waals surface area (Å²) >= 11 is 0. The summed E-state index contributed by atoms with van der Waals surface area (Å²) in [4.78, 5) is 22.6. The summed E-state index contributed by atoms with van der Waals surface area (Å²) in [5.74, 6) is -0.0339. The summed E-state index contributed by atoms with van der Waals surface area (Å²) in [7, 11) is 0. The summed E-state index contributed by atoms with van der Waals surface area (Å²) in [5, 5.41) is 11.4. The van der Waals surface area contributed by atoms with Crippen molar-refractivity contribution in [1.29, 1.82) is 0 Å². The van der Waals surface area contributed by atoms with Crippen LogP contribution < -0.4 is 4.74 Å². The largest absolute Gasteiger partial charge is 0.514 e. The molecule has 6 nitrogen and oxygen atoms in total. The number of benzene rings is 1. The Morgan fingerprint density at radius 3 is 2.09 bits per heavy atom. The highest BCUT2D eigenvalue weighted by atomic mass is 16.7. The highest BCUT2D eigenvalue weighted by Gasteiger charge is 2.34. The van der Waals surface area contributed by atoms with Crippen LogP contribution in [0.3, 0.4) is 0 Å². The summed E-state index contributed by atoms with van der Waals surface area (Å²) in [6.45, 7) is 13.6. The van der Waals surface area contributed by atoms with Gasteiger partial charge in [-0.1, -0.05) is 47.6 Å². The number of carbonyl (C=O) groups is 1. The van der Waals surface area contributed by atoms with Crippen molar-refractivity contribution in [2.75, 3.05) is 6.61 Å². The average Bonchev–Trinajstić information content (AvgIpc) is 2.35. The SMILES string of the molecule is CCOC(=O)Oc1c([N+](=O)[O-])ccc(C(C)(C)C)c1C(C)(C)C. The molecular weight excluding hydrogens is 298 g/mol. The van der Waals surface area contributed by atoms with Gasteiger partial charge in [0.25, 0.3) is 0 Å². The van der Waals surface area contributed by atoms with E-state index in [1.807, 2.05) is 41.5 Å². The molecule has 23 heavy (non-hydrogen) atoms. The molecule has 0 spiro atoms. The molecule has 0 aliphatic heterocycles. The van der Waals surface area contributed by atoms with Crippen LogP contribution in [0.2, 0.25) is 0 Å². The van der Waals surface area contributed by atoms with Crippen molar-refractivity contribution in [1.82, 2.24) is 0 Å². The second-order valence-electron chi connectivity index (χ2n) is 7.38. The monoisotopic (exact) mass is 323 g/mol. The minimum atomic E-state index is -0.938. The first-order valence-corrected chi connectivity index (χ1v) is 7.56. The number of hydrogen-bond donors (Lipinski definition) is 0. The van der Waals surface area contributed by atoms with Crippen molar-refractivity contribution < 1.29 is 19.2 Å². The minimum absolute atomic E-state index is 0.0339. The van der Waals surface area contributed by atoms with Gasteiger partial charge in [-0.3, -0.25) is 10.1 Å². The van der Waals surface area contributed by atoms with E-state index in [1.165, 1.54) is 6.07 Å². The highest BCUT2D eigenvalue weighted by Crippen LogP contribution is 2.44. The van der Waals surface area contributed by atoms with E-state index >= 15 is 0 Å². The van der Waals surface area contributed by atoms with Gasteiger partial charge < -0.3 is 9.47 Å². The van der Waals surface area contributed by atoms with Gasteiger partial charge in [-0.2, -0.15) is 0 Å². The number of carbonyl (C=O) groups excluding carboxylic acids is 1. The van der Waals surface area contributed by atoms with Gasteiger partial charge in [-0.15, -0.1) is 0 Å². The first-order chi connectivity index (χ1) is 10.4. The zero-order valence-electron chi connectivity index (χ0n) is 14.9. The Morgan fingerprint density at radius 2 is 1.70 bits per heavy atom. The summed E-state index contributed by atoms with van der Waals surface area (Å²) in [5.41, 5.74) is 0.596. The number of hydrogen-bond acceptors (Lipinski definition) is 5. The molecule has 128 valence electrons. The minimum Gasteiger partial charge on any atom is -0.434 e. The molecule has 0 bridgehead atoms. The van der Waals surface area contributed by atoms with Crippen LogP contribution in [0.15, 0.2) is 12.1 Å². The third-order valence-electron chi connectivity index (χ3n) is 3.34. The molecule has 6 heteroatoms. The summed E-state index contributed by atoms with van der Waals surface area (Å²) in [6.07, 6.45) is -0.938. The predicted molar refractivity (Wildman–Crippen MR) is 88.1 cm³/mol. The number of rotatable bonds is 3. The second kappa shape index (κ2) is 6.56. The molecule has 0 unspecified atom stereocenters. The Labute approximate surface area is 136 Å². The quantitative estimate of drug-likeness (QED) is 0.348. The number of nitrogens with zero attached hydrogens (tertiary/aromatic N) is 1. The van der Waals surface area contributed by atoms with Crippen molar-refractivity contribution in [3.63, 3.8) is 0 Å². The molecule has 0 aliphatic carbocycles. The second-order valence-corrected chi connectivity index (χ2v) is 7.38. The van der Waals surface area contributed by atoms with Crippen LogP contribution in [0.4, 0.5) is 10.5 Å². The van der Waals surface area contributed by atoms with Crippen molar-refractivity contribution in [3.05, 3.63) is 33.4 Å². The van der Waals surface area contributed by atoms with Crippen LogP contribution in [0.5, 0.6) is 5.75 Å². The van der Waals surface area contributed by atoms with Crippen molar-refractivity contribution >= 4 is 11.8 Å². The lowest BCUT2D eigenvalue weighted by Crippen LogP contribution is -2.25. The van der Waals surface area contributed by atoms with E-state index in [4.69, 9.17) is 9.47 Å². The van der Waals surface area contributed by atoms with Crippen molar-refractivity contribution in [2.45, 2.75) is 59.3 Å². The Hall–Kier alpha value is -2.11. The molecule has 0 aromatic heterocycles. The zero-order chi connectivity index (χ0) is 18.0. The Bertz CT molecular complexity index is 609. The van der Waals surface area contributed by atoms with Crippen molar-refractivity contribution in [2.24, 2.45) is 0 Å². The van der Waals surface area contributed by atoms with Crippen LogP contribution in [0.1, 0.15) is 59.6 Å². The lowest BCUT2D eigenvalue weighted by atomic mass is 9.74. The fourth-order valence-corrected chi connectivity index (χ4v) is 2.42. The maximum atomic E-state index is 11.8. The van der Waals surface area contributed by atoms with Crippen LogP contribution in [-0.2, 0) is 15.6 Å². The molecule has 0 N–H and O–H groups in total. The third-order valence-corrected chi connectivity index (χ3v) is 3.34. The van der Waals surface area contributed by atoms with Gasteiger partial charge in [0, 0.05) is 11.6 Å². The van der Waals surface area contributed by atoms with Gasteiger partial charge in [0.05, 0.1) is 11.5 Å². The molecule has 0 radical (unpaired) electrons. The average molecular weight is 323 g/mol. The van der Waals surface area contributed by atoms with Crippen molar-refractivity contribution in [3.8, 4) is 5.75 Å². The Kier molecular flexibility index (Phi) is 5.40. The number of nitro benzene ring substituents is 1. The molecule has 0 saturated carbocycles. The smallest absolute Gasteiger partial charge is 0.434 e. The fourth-order valence-electron chi connectivity index (χ4n) is 2.42. The molecule has 0 heterocycles. The summed E-state index contributed by atoms with van der Waals surface area (Å²) in [6, 6.07) is 3.11. The van der Waals surface area contributed by atoms with Gasteiger partial charge in [-0.25, -0.2) is 4.79 Å². The maximum absolute atomic E-state index is 11.8. The number of ether oxygens (including phenoxy) is 2. The fraction of sp³-hybridized carbons (Fsp3) is 0.588. The maximum Gasteiger partial charge on any atom is 0.514 e. The first kappa shape index (κ1) is 18.9. The van der Waals surface area contributed by atoms with Crippen LogP contribution in [0.25, 0.3) is 0 Å². The zero-order valence-corrected chi connectivity index (χ0v) is 14.9. The van der Waals surface area contributed by atoms with Gasteiger partial charge in [0.2, 0.25) is 5.75 Å². The molecule has 0 saturated heterocycles. The van der Waals surface area contributed by atoms with Crippen LogP contribution in [0, 0.1) is 10.1 Å². The molecule has 0 amide bonds. The molecule has 1 aromatic rings. The van der Waals surface area contributed by atoms with Gasteiger partial charge >= 0.3 is 11.8 Å². The normalized spacial score (nSPS) is 12.0. The molecule has 0 fully saturated rings. The van der Waals surface area contributed by atoms with E-state index in [0.717, 1.165) is 5.56 Å². The van der Waals surface area contributed by atoms with Gasteiger partial charge in [0.1, 0.15) is 0 Å². The molecular formula is C17H25NO5. The van der Waals surface area contributed by atoms with E-state index in [1.54, 1.807) is 13.0 Å². The van der Waals surface area contributed by atoms with Crippen LogP contribution in [-0.4, -0.2) is 17.7 Å². The van der Waals surface area contributed by atoms with E-state index in [-0.39, 0.29) is 23.5 Å². The molecule has 0 atom stereocenters. The molecule has 0 aliphatic rings. The van der Waals surface area contributed by atoms with Crippen LogP contribution >= 0.6 is 0 Å². The first-order valence-electron chi connectivity index (χ1n) is 7.56. The highest BCUT2D eigenvalue weighted by molar-refractivity contribution is 5.70. The van der Waals surface area contributed by atoms with E-state index in [0.29, 0.717) is 5.56 Å². The lowest BCUT2D eigenvalue weighted by Gasteiger charge is -2.31. The van der Waals surface area contributed by atoms with Gasteiger partial charge in [0.15, 0.2) is 0 Å². The lowest BCUT2D eigenvalue weighted by molar-refractivity contribution is -0.385. The third kappa shape index (κ3) is 4.43. The van der Waals surface area contributed by atoms with E-state index < -0.39 is 16.5 Å².